The molecule has 1 aliphatic rings. The number of alkyl carbamates (subject to hydrolysis) is 1. The molecule has 2 heterocycles. The van der Waals surface area contributed by atoms with E-state index in [4.69, 9.17) is 9.47 Å². The average molecular weight is 402 g/mol. The van der Waals surface area contributed by atoms with Gasteiger partial charge in [0.2, 0.25) is 0 Å². The van der Waals surface area contributed by atoms with E-state index in [1.54, 1.807) is 4.90 Å². The number of carbonyl (C=O) groups is 2. The Bertz CT molecular complexity index is 835. The quantitative estimate of drug-likeness (QED) is 0.749. The lowest BCUT2D eigenvalue weighted by atomic mass is 10.2. The Hall–Kier alpha value is -2.90. The molecular weight excluding hydrogens is 372 g/mol. The van der Waals surface area contributed by atoms with Crippen molar-refractivity contribution in [1.82, 2.24) is 15.2 Å². The number of H-pyrrole nitrogens is 1. The van der Waals surface area contributed by atoms with Crippen LogP contribution in [0.1, 0.15) is 27.2 Å². The minimum Gasteiger partial charge on any atom is -0.449 e. The van der Waals surface area contributed by atoms with Gasteiger partial charge >= 0.3 is 12.2 Å². The molecule has 1 aromatic heterocycles. The fourth-order valence-corrected chi connectivity index (χ4v) is 3.30. The van der Waals surface area contributed by atoms with Crippen LogP contribution in [0, 0.1) is 0 Å². The van der Waals surface area contributed by atoms with E-state index in [9.17, 15) is 9.59 Å². The lowest BCUT2D eigenvalue weighted by molar-refractivity contribution is 0.0522. The van der Waals surface area contributed by atoms with Gasteiger partial charge in [0.05, 0.1) is 6.61 Å². The third-order valence-electron chi connectivity index (χ3n) is 4.67. The van der Waals surface area contributed by atoms with E-state index in [0.29, 0.717) is 26.1 Å². The number of nitrogens with zero attached hydrogens (tertiary/aromatic N) is 2. The molecule has 0 saturated carbocycles. The molecule has 0 spiro atoms. The summed E-state index contributed by atoms with van der Waals surface area (Å²) in [5.41, 5.74) is 1.78. The third kappa shape index (κ3) is 5.79. The summed E-state index contributed by atoms with van der Waals surface area (Å²) in [7, 11) is 0. The van der Waals surface area contributed by atoms with E-state index in [2.05, 4.69) is 33.4 Å². The van der Waals surface area contributed by atoms with Gasteiger partial charge in [0.1, 0.15) is 5.60 Å². The highest BCUT2D eigenvalue weighted by atomic mass is 16.6. The third-order valence-corrected chi connectivity index (χ3v) is 4.67. The van der Waals surface area contributed by atoms with Gasteiger partial charge in [-0.05, 0) is 45.4 Å². The van der Waals surface area contributed by atoms with E-state index in [0.717, 1.165) is 18.6 Å². The summed E-state index contributed by atoms with van der Waals surface area (Å²) in [4.78, 5) is 31.1. The predicted octanol–water partition coefficient (Wildman–Crippen LogP) is 3.34. The van der Waals surface area contributed by atoms with Crippen LogP contribution in [0.2, 0.25) is 0 Å². The summed E-state index contributed by atoms with van der Waals surface area (Å²) in [5.74, 6) is 0. The minimum absolute atomic E-state index is 0.261. The number of carbonyl (C=O) groups excluding carboxylic acids is 2. The summed E-state index contributed by atoms with van der Waals surface area (Å²) in [5, 5.41) is 3.85. The number of aromatic amines is 1. The number of anilines is 1. The van der Waals surface area contributed by atoms with Gasteiger partial charge in [-0.25, -0.2) is 9.59 Å². The number of rotatable bonds is 5. The average Bonchev–Trinajstić information content (AvgIpc) is 3.15. The van der Waals surface area contributed by atoms with E-state index in [1.807, 2.05) is 33.0 Å². The molecule has 1 aliphatic heterocycles. The standard InChI is InChI=1S/C21H30N4O4/c1-21(2,3)29-19(26)23-9-5-15-28-20(27)25-13-11-24(12-14-25)18-7-4-6-17-16(18)8-10-22-17/h4,6-8,10,22H,5,9,11-15H2,1-3H3,(H,23,26). The van der Waals surface area contributed by atoms with Crippen molar-refractivity contribution in [3.05, 3.63) is 30.5 Å². The van der Waals surface area contributed by atoms with E-state index in [1.165, 1.54) is 11.1 Å². The number of ether oxygens (including phenoxy) is 2. The Balaban J connectivity index is 1.36. The van der Waals surface area contributed by atoms with Crippen LogP contribution < -0.4 is 10.2 Å². The van der Waals surface area contributed by atoms with Crippen molar-refractivity contribution in [2.45, 2.75) is 32.8 Å². The second-order valence-electron chi connectivity index (χ2n) is 8.09. The van der Waals surface area contributed by atoms with Gasteiger partial charge in [0.15, 0.2) is 0 Å². The molecule has 3 rings (SSSR count). The summed E-state index contributed by atoms with van der Waals surface area (Å²) in [6, 6.07) is 8.29. The van der Waals surface area contributed by atoms with Crippen molar-refractivity contribution >= 4 is 28.8 Å². The molecule has 0 bridgehead atoms. The maximum atomic E-state index is 12.3. The first kappa shape index (κ1) is 20.8. The number of hydrogen-bond acceptors (Lipinski definition) is 5. The highest BCUT2D eigenvalue weighted by Crippen LogP contribution is 2.27. The lowest BCUT2D eigenvalue weighted by Gasteiger charge is -2.35. The number of amides is 2. The Labute approximate surface area is 171 Å². The van der Waals surface area contributed by atoms with Crippen molar-refractivity contribution in [2.24, 2.45) is 0 Å². The molecule has 29 heavy (non-hydrogen) atoms. The van der Waals surface area contributed by atoms with Crippen LogP contribution in [0.25, 0.3) is 10.9 Å². The number of nitrogens with one attached hydrogen (secondary N) is 2. The molecule has 1 fully saturated rings. The Morgan fingerprint density at radius 1 is 1.14 bits per heavy atom. The van der Waals surface area contributed by atoms with Crippen molar-refractivity contribution in [1.29, 1.82) is 0 Å². The first-order chi connectivity index (χ1) is 13.8. The van der Waals surface area contributed by atoms with Crippen LogP contribution in [0.4, 0.5) is 15.3 Å². The Kier molecular flexibility index (Phi) is 6.51. The van der Waals surface area contributed by atoms with Crippen LogP contribution in [-0.4, -0.2) is 67.0 Å². The monoisotopic (exact) mass is 402 g/mol. The summed E-state index contributed by atoms with van der Waals surface area (Å²) < 4.78 is 10.5. The smallest absolute Gasteiger partial charge is 0.409 e. The molecule has 2 amide bonds. The largest absolute Gasteiger partial charge is 0.449 e. The fourth-order valence-electron chi connectivity index (χ4n) is 3.30. The zero-order valence-electron chi connectivity index (χ0n) is 17.4. The number of benzene rings is 1. The second kappa shape index (κ2) is 9.07. The van der Waals surface area contributed by atoms with Gasteiger partial charge in [-0.3, -0.25) is 0 Å². The zero-order chi connectivity index (χ0) is 20.9. The maximum absolute atomic E-state index is 12.3. The van der Waals surface area contributed by atoms with Gasteiger partial charge in [0, 0.05) is 55.5 Å². The molecule has 8 heteroatoms. The molecular formula is C21H30N4O4. The highest BCUT2D eigenvalue weighted by Gasteiger charge is 2.23. The van der Waals surface area contributed by atoms with Crippen molar-refractivity contribution in [3.8, 4) is 0 Å². The molecule has 8 nitrogen and oxygen atoms in total. The van der Waals surface area contributed by atoms with E-state index < -0.39 is 11.7 Å². The SMILES string of the molecule is CC(C)(C)OC(=O)NCCCOC(=O)N1CCN(c2cccc3[nH]ccc23)CC1. The van der Waals surface area contributed by atoms with E-state index in [-0.39, 0.29) is 12.7 Å². The molecule has 0 atom stereocenters. The summed E-state index contributed by atoms with van der Waals surface area (Å²) in [6.07, 6.45) is 1.72. The molecule has 0 radical (unpaired) electrons. The molecule has 2 aromatic rings. The molecule has 2 N–H and O–H groups in total. The number of aromatic nitrogens is 1. The van der Waals surface area contributed by atoms with Crippen molar-refractivity contribution in [3.63, 3.8) is 0 Å². The first-order valence-electron chi connectivity index (χ1n) is 10.0. The molecule has 158 valence electrons. The number of fused-ring (bicyclic) bond motifs is 1. The molecule has 0 aliphatic carbocycles. The Morgan fingerprint density at radius 3 is 2.62 bits per heavy atom. The van der Waals surface area contributed by atoms with Crippen LogP contribution >= 0.6 is 0 Å². The first-order valence-corrected chi connectivity index (χ1v) is 10.0. The molecule has 1 saturated heterocycles. The van der Waals surface area contributed by atoms with Crippen LogP contribution in [-0.2, 0) is 9.47 Å². The normalized spacial score (nSPS) is 14.7. The topological polar surface area (TPSA) is 86.9 Å². The van der Waals surface area contributed by atoms with Crippen LogP contribution in [0.15, 0.2) is 30.5 Å². The molecule has 0 unspecified atom stereocenters. The van der Waals surface area contributed by atoms with Crippen molar-refractivity contribution < 1.29 is 19.1 Å². The van der Waals surface area contributed by atoms with Crippen molar-refractivity contribution in [2.75, 3.05) is 44.2 Å². The predicted molar refractivity (Wildman–Crippen MR) is 112 cm³/mol. The summed E-state index contributed by atoms with van der Waals surface area (Å²) in [6.45, 7) is 8.87. The van der Waals surface area contributed by atoms with Crippen LogP contribution in [0.3, 0.4) is 0 Å². The van der Waals surface area contributed by atoms with Gasteiger partial charge in [0.25, 0.3) is 0 Å². The van der Waals surface area contributed by atoms with Gasteiger partial charge in [-0.15, -0.1) is 0 Å². The van der Waals surface area contributed by atoms with Gasteiger partial charge < -0.3 is 29.6 Å². The van der Waals surface area contributed by atoms with E-state index >= 15 is 0 Å². The highest BCUT2D eigenvalue weighted by molar-refractivity contribution is 5.92. The number of hydrogen-bond donors (Lipinski definition) is 2. The summed E-state index contributed by atoms with van der Waals surface area (Å²) >= 11 is 0. The van der Waals surface area contributed by atoms with Crippen LogP contribution in [0.5, 0.6) is 0 Å². The number of piperazine rings is 1. The Morgan fingerprint density at radius 2 is 1.90 bits per heavy atom. The maximum Gasteiger partial charge on any atom is 0.409 e. The lowest BCUT2D eigenvalue weighted by Crippen LogP contribution is -2.49. The minimum atomic E-state index is -0.522. The second-order valence-corrected chi connectivity index (χ2v) is 8.09. The van der Waals surface area contributed by atoms with Gasteiger partial charge in [-0.2, -0.15) is 0 Å². The van der Waals surface area contributed by atoms with Gasteiger partial charge in [-0.1, -0.05) is 6.07 Å². The molecule has 1 aromatic carbocycles. The fraction of sp³-hybridized carbons (Fsp3) is 0.524. The zero-order valence-corrected chi connectivity index (χ0v) is 17.4.